The molecule has 0 spiro atoms. The van der Waals surface area contributed by atoms with Crippen LogP contribution in [-0.2, 0) is 24.1 Å². The summed E-state index contributed by atoms with van der Waals surface area (Å²) >= 11 is 0. The van der Waals surface area contributed by atoms with Gasteiger partial charge in [0.2, 0.25) is 5.89 Å². The maximum Gasteiger partial charge on any atom is 0.234 e. The van der Waals surface area contributed by atoms with E-state index < -0.39 is 0 Å². The number of nitrogens with zero attached hydrogens (tertiary/aromatic N) is 2. The molecule has 0 amide bonds. The summed E-state index contributed by atoms with van der Waals surface area (Å²) in [6.45, 7) is 1.84. The highest BCUT2D eigenvalue weighted by Crippen LogP contribution is 2.32. The van der Waals surface area contributed by atoms with E-state index in [2.05, 4.69) is 34.4 Å². The van der Waals surface area contributed by atoms with Crippen LogP contribution < -0.4 is 0 Å². The fraction of sp³-hybridized carbons (Fsp3) is 0.400. The minimum absolute atomic E-state index is 0.130. The Morgan fingerprint density at radius 1 is 1.32 bits per heavy atom. The molecule has 0 bridgehead atoms. The Bertz CT molecular complexity index is 579. The fourth-order valence-corrected chi connectivity index (χ4v) is 2.54. The van der Waals surface area contributed by atoms with E-state index in [-0.39, 0.29) is 18.1 Å². The van der Waals surface area contributed by atoms with E-state index in [0.29, 0.717) is 12.3 Å². The Hall–Kier alpha value is -1.97. The van der Waals surface area contributed by atoms with Crippen molar-refractivity contribution in [3.05, 3.63) is 47.1 Å². The first-order valence-electron chi connectivity index (χ1n) is 6.67. The largest absolute Gasteiger partial charge is 0.339 e. The van der Waals surface area contributed by atoms with Crippen LogP contribution in [0.4, 0.5) is 0 Å². The number of benzene rings is 1. The Kier molecular flexibility index (Phi) is 3.15. The standard InChI is InChI=1S/C15H16N2O2/c1-2-13(18)9-14-16-15(17-19-14)12-7-10-5-3-4-6-11(10)8-12/h3-6,12H,2,7-9H2,1H3. The van der Waals surface area contributed by atoms with E-state index in [9.17, 15) is 4.79 Å². The second-order valence-electron chi connectivity index (χ2n) is 4.99. The lowest BCUT2D eigenvalue weighted by molar-refractivity contribution is -0.118. The molecule has 1 aliphatic carbocycles. The van der Waals surface area contributed by atoms with Crippen molar-refractivity contribution in [2.75, 3.05) is 0 Å². The molecule has 98 valence electrons. The van der Waals surface area contributed by atoms with Gasteiger partial charge in [0, 0.05) is 12.3 Å². The van der Waals surface area contributed by atoms with Crippen LogP contribution >= 0.6 is 0 Å². The van der Waals surface area contributed by atoms with Crippen molar-refractivity contribution in [3.63, 3.8) is 0 Å². The van der Waals surface area contributed by atoms with Gasteiger partial charge in [-0.2, -0.15) is 4.98 Å². The summed E-state index contributed by atoms with van der Waals surface area (Å²) in [5.41, 5.74) is 2.73. The lowest BCUT2D eigenvalue weighted by atomic mass is 10.1. The molecule has 19 heavy (non-hydrogen) atoms. The summed E-state index contributed by atoms with van der Waals surface area (Å²) in [5, 5.41) is 4.03. The monoisotopic (exact) mass is 256 g/mol. The van der Waals surface area contributed by atoms with Gasteiger partial charge >= 0.3 is 0 Å². The molecule has 1 heterocycles. The third-order valence-corrected chi connectivity index (χ3v) is 3.64. The smallest absolute Gasteiger partial charge is 0.234 e. The van der Waals surface area contributed by atoms with E-state index in [0.717, 1.165) is 18.7 Å². The van der Waals surface area contributed by atoms with Crippen molar-refractivity contribution in [2.24, 2.45) is 0 Å². The number of hydrogen-bond donors (Lipinski definition) is 0. The summed E-state index contributed by atoms with van der Waals surface area (Å²) in [6, 6.07) is 8.42. The van der Waals surface area contributed by atoms with Crippen molar-refractivity contribution < 1.29 is 9.32 Å². The van der Waals surface area contributed by atoms with Crippen molar-refractivity contribution in [3.8, 4) is 0 Å². The first kappa shape index (κ1) is 12.1. The molecule has 0 radical (unpaired) electrons. The highest BCUT2D eigenvalue weighted by molar-refractivity contribution is 5.79. The van der Waals surface area contributed by atoms with E-state index >= 15 is 0 Å². The van der Waals surface area contributed by atoms with Crippen molar-refractivity contribution >= 4 is 5.78 Å². The number of carbonyl (C=O) groups is 1. The molecule has 0 saturated heterocycles. The molecule has 0 aliphatic heterocycles. The topological polar surface area (TPSA) is 56.0 Å². The number of carbonyl (C=O) groups excluding carboxylic acids is 1. The summed E-state index contributed by atoms with van der Waals surface area (Å²) in [6.07, 6.45) is 2.67. The average molecular weight is 256 g/mol. The van der Waals surface area contributed by atoms with Crippen LogP contribution in [0, 0.1) is 0 Å². The Morgan fingerprint density at radius 3 is 2.63 bits per heavy atom. The van der Waals surface area contributed by atoms with Crippen molar-refractivity contribution in [2.45, 2.75) is 38.5 Å². The zero-order chi connectivity index (χ0) is 13.2. The molecule has 1 aromatic heterocycles. The number of hydrogen-bond acceptors (Lipinski definition) is 4. The zero-order valence-corrected chi connectivity index (χ0v) is 10.9. The molecule has 4 heteroatoms. The Labute approximate surface area is 111 Å². The van der Waals surface area contributed by atoms with Gasteiger partial charge in [0.1, 0.15) is 5.78 Å². The molecule has 1 aliphatic rings. The molecule has 0 unspecified atom stereocenters. The van der Waals surface area contributed by atoms with Gasteiger partial charge < -0.3 is 4.52 Å². The highest BCUT2D eigenvalue weighted by atomic mass is 16.5. The van der Waals surface area contributed by atoms with Crippen LogP contribution in [0.1, 0.15) is 42.1 Å². The van der Waals surface area contributed by atoms with Gasteiger partial charge in [0.15, 0.2) is 5.82 Å². The second kappa shape index (κ2) is 4.96. The lowest BCUT2D eigenvalue weighted by Gasteiger charge is -2.00. The van der Waals surface area contributed by atoms with E-state index in [1.807, 2.05) is 6.92 Å². The molecule has 0 atom stereocenters. The van der Waals surface area contributed by atoms with E-state index in [1.54, 1.807) is 0 Å². The van der Waals surface area contributed by atoms with Gasteiger partial charge in [-0.1, -0.05) is 36.3 Å². The quantitative estimate of drug-likeness (QED) is 0.843. The third kappa shape index (κ3) is 2.43. The molecule has 4 nitrogen and oxygen atoms in total. The molecule has 2 aromatic rings. The van der Waals surface area contributed by atoms with E-state index in [1.165, 1.54) is 11.1 Å². The number of ketones is 1. The van der Waals surface area contributed by atoms with E-state index in [4.69, 9.17) is 4.52 Å². The number of rotatable bonds is 4. The molecule has 0 saturated carbocycles. The van der Waals surface area contributed by atoms with Gasteiger partial charge in [-0.25, -0.2) is 0 Å². The summed E-state index contributed by atoms with van der Waals surface area (Å²) in [7, 11) is 0. The number of Topliss-reactive ketones (excluding diaryl/α,β-unsaturated/α-hetero) is 1. The van der Waals surface area contributed by atoms with Crippen LogP contribution in [-0.4, -0.2) is 15.9 Å². The number of aromatic nitrogens is 2. The molecule has 3 rings (SSSR count). The first-order chi connectivity index (χ1) is 9.26. The SMILES string of the molecule is CCC(=O)Cc1nc(C2Cc3ccccc3C2)no1. The van der Waals surface area contributed by atoms with Gasteiger partial charge in [0.05, 0.1) is 6.42 Å². The third-order valence-electron chi connectivity index (χ3n) is 3.64. The average Bonchev–Trinajstić information content (AvgIpc) is 3.04. The minimum Gasteiger partial charge on any atom is -0.339 e. The van der Waals surface area contributed by atoms with Gasteiger partial charge in [-0.3, -0.25) is 4.79 Å². The van der Waals surface area contributed by atoms with Crippen LogP contribution in [0.5, 0.6) is 0 Å². The molecule has 0 fully saturated rings. The predicted molar refractivity (Wildman–Crippen MR) is 69.9 cm³/mol. The van der Waals surface area contributed by atoms with Crippen LogP contribution in [0.15, 0.2) is 28.8 Å². The maximum atomic E-state index is 11.4. The molecule has 0 N–H and O–H groups in total. The fourth-order valence-electron chi connectivity index (χ4n) is 2.54. The summed E-state index contributed by atoms with van der Waals surface area (Å²) in [4.78, 5) is 15.7. The molecular formula is C15H16N2O2. The summed E-state index contributed by atoms with van der Waals surface area (Å²) in [5.74, 6) is 1.59. The second-order valence-corrected chi connectivity index (χ2v) is 4.99. The van der Waals surface area contributed by atoms with Crippen LogP contribution in [0.2, 0.25) is 0 Å². The van der Waals surface area contributed by atoms with Gasteiger partial charge in [0.25, 0.3) is 0 Å². The van der Waals surface area contributed by atoms with Gasteiger partial charge in [-0.15, -0.1) is 0 Å². The normalized spacial score (nSPS) is 14.6. The Balaban J connectivity index is 1.73. The first-order valence-corrected chi connectivity index (χ1v) is 6.67. The Morgan fingerprint density at radius 2 is 2.00 bits per heavy atom. The lowest BCUT2D eigenvalue weighted by Crippen LogP contribution is -2.03. The number of fused-ring (bicyclic) bond motifs is 1. The van der Waals surface area contributed by atoms with Crippen molar-refractivity contribution in [1.29, 1.82) is 0 Å². The molecular weight excluding hydrogens is 240 g/mol. The zero-order valence-electron chi connectivity index (χ0n) is 10.9. The minimum atomic E-state index is 0.130. The molecule has 1 aromatic carbocycles. The highest BCUT2D eigenvalue weighted by Gasteiger charge is 2.26. The van der Waals surface area contributed by atoms with Crippen LogP contribution in [0.25, 0.3) is 0 Å². The maximum absolute atomic E-state index is 11.4. The van der Waals surface area contributed by atoms with Gasteiger partial charge in [-0.05, 0) is 24.0 Å². The van der Waals surface area contributed by atoms with Crippen molar-refractivity contribution in [1.82, 2.24) is 10.1 Å². The van der Waals surface area contributed by atoms with Crippen LogP contribution in [0.3, 0.4) is 0 Å². The predicted octanol–water partition coefficient (Wildman–Crippen LogP) is 2.47. The summed E-state index contributed by atoms with van der Waals surface area (Å²) < 4.78 is 5.17.